The molecule has 1 amide bonds. The summed E-state index contributed by atoms with van der Waals surface area (Å²) < 4.78 is 8.12. The Morgan fingerprint density at radius 2 is 2.53 bits per heavy atom. The first kappa shape index (κ1) is 10.9. The van der Waals surface area contributed by atoms with Gasteiger partial charge in [0.25, 0.3) is 5.91 Å². The zero-order valence-corrected chi connectivity index (χ0v) is 10.7. The molecule has 0 saturated carbocycles. The zero-order chi connectivity index (χ0) is 10.8. The lowest BCUT2D eigenvalue weighted by molar-refractivity contribution is 0.0921. The van der Waals surface area contributed by atoms with Crippen LogP contribution in [0.1, 0.15) is 16.9 Å². The molecule has 1 atom stereocenters. The molecule has 1 aliphatic heterocycles. The van der Waals surface area contributed by atoms with Gasteiger partial charge in [0.2, 0.25) is 0 Å². The molecule has 4 nitrogen and oxygen atoms in total. The molecule has 82 valence electrons. The van der Waals surface area contributed by atoms with Crippen molar-refractivity contribution < 1.29 is 9.53 Å². The molecule has 0 bridgehead atoms. The van der Waals surface area contributed by atoms with Crippen molar-refractivity contribution in [2.45, 2.75) is 12.5 Å². The third-order valence-corrected chi connectivity index (χ3v) is 3.06. The predicted molar refractivity (Wildman–Crippen MR) is 64.8 cm³/mol. The molecule has 1 aromatic heterocycles. The lowest BCUT2D eigenvalue weighted by Crippen LogP contribution is -2.35. The number of amides is 1. The number of aryl methyl sites for hydroxylation is 1. The maximum atomic E-state index is 11.8. The number of nitrogens with zero attached hydrogens (tertiary/aromatic N) is 1. The first-order valence-corrected chi connectivity index (χ1v) is 5.95. The van der Waals surface area contributed by atoms with Gasteiger partial charge in [0, 0.05) is 23.4 Å². The normalized spacial score (nSPS) is 20.5. The van der Waals surface area contributed by atoms with E-state index >= 15 is 0 Å². The van der Waals surface area contributed by atoms with Crippen LogP contribution in [0.25, 0.3) is 0 Å². The van der Waals surface area contributed by atoms with Crippen LogP contribution in [-0.4, -0.2) is 29.7 Å². The topological polar surface area (TPSA) is 43.3 Å². The van der Waals surface area contributed by atoms with E-state index in [1.54, 1.807) is 0 Å². The van der Waals surface area contributed by atoms with Crippen molar-refractivity contribution in [2.24, 2.45) is 7.05 Å². The summed E-state index contributed by atoms with van der Waals surface area (Å²) in [6.07, 6.45) is 2.84. The van der Waals surface area contributed by atoms with Gasteiger partial charge in [-0.25, -0.2) is 0 Å². The number of carbonyl (C=O) groups excluding carboxylic acids is 1. The van der Waals surface area contributed by atoms with Gasteiger partial charge in [-0.1, -0.05) is 0 Å². The van der Waals surface area contributed by atoms with Crippen LogP contribution in [0.15, 0.2) is 12.3 Å². The zero-order valence-electron chi connectivity index (χ0n) is 8.50. The van der Waals surface area contributed by atoms with E-state index in [-0.39, 0.29) is 11.9 Å². The molecule has 2 heterocycles. The lowest BCUT2D eigenvalue weighted by Gasteiger charge is -2.10. The van der Waals surface area contributed by atoms with E-state index in [2.05, 4.69) is 27.9 Å². The number of hydrogen-bond donors (Lipinski definition) is 1. The first-order valence-electron chi connectivity index (χ1n) is 4.87. The molecule has 1 aromatic rings. The molecule has 1 N–H and O–H groups in total. The minimum absolute atomic E-state index is 0.0177. The van der Waals surface area contributed by atoms with Gasteiger partial charge in [-0.2, -0.15) is 0 Å². The van der Waals surface area contributed by atoms with Gasteiger partial charge >= 0.3 is 0 Å². The number of ether oxygens (including phenoxy) is 1. The highest BCUT2D eigenvalue weighted by Gasteiger charge is 2.19. The quantitative estimate of drug-likeness (QED) is 0.831. The molecule has 0 aromatic carbocycles. The van der Waals surface area contributed by atoms with Crippen molar-refractivity contribution in [1.29, 1.82) is 0 Å². The fraction of sp³-hybridized carbons (Fsp3) is 0.500. The van der Waals surface area contributed by atoms with Crippen molar-refractivity contribution >= 4 is 28.5 Å². The smallest absolute Gasteiger partial charge is 0.268 e. The van der Waals surface area contributed by atoms with E-state index in [1.807, 2.05) is 23.9 Å². The van der Waals surface area contributed by atoms with Gasteiger partial charge in [0.15, 0.2) is 0 Å². The Balaban J connectivity index is 2.03. The summed E-state index contributed by atoms with van der Waals surface area (Å²) in [6, 6.07) is 2.05. The van der Waals surface area contributed by atoms with Crippen LogP contribution < -0.4 is 5.32 Å². The first-order chi connectivity index (χ1) is 7.16. The van der Waals surface area contributed by atoms with E-state index in [0.29, 0.717) is 12.3 Å². The van der Waals surface area contributed by atoms with Crippen LogP contribution in [0.5, 0.6) is 0 Å². The van der Waals surface area contributed by atoms with Gasteiger partial charge in [-0.05, 0) is 35.1 Å². The molecule has 1 saturated heterocycles. The lowest BCUT2D eigenvalue weighted by atomic mass is 10.2. The van der Waals surface area contributed by atoms with E-state index in [1.165, 1.54) is 0 Å². The summed E-state index contributed by atoms with van der Waals surface area (Å²) in [5.74, 6) is -0.0177. The maximum absolute atomic E-state index is 11.8. The predicted octanol–water partition coefficient (Wildman–Crippen LogP) is 1.15. The number of carbonyl (C=O) groups is 1. The maximum Gasteiger partial charge on any atom is 0.268 e. The highest BCUT2D eigenvalue weighted by atomic mass is 127. The molecule has 1 aliphatic rings. The van der Waals surface area contributed by atoms with Crippen LogP contribution >= 0.6 is 22.6 Å². The summed E-state index contributed by atoms with van der Waals surface area (Å²) in [7, 11) is 1.88. The van der Waals surface area contributed by atoms with E-state index < -0.39 is 0 Å². The Morgan fingerprint density at radius 1 is 1.73 bits per heavy atom. The summed E-state index contributed by atoms with van der Waals surface area (Å²) in [5, 5.41) is 2.96. The number of aromatic nitrogens is 1. The Morgan fingerprint density at radius 3 is 3.07 bits per heavy atom. The standard InChI is InChI=1S/C10H13IN2O2/c1-13-5-7(11)4-9(13)10(14)12-8-2-3-15-6-8/h4-5,8H,2-3,6H2,1H3,(H,12,14). The third-order valence-electron chi connectivity index (χ3n) is 2.47. The van der Waals surface area contributed by atoms with Crippen molar-refractivity contribution in [1.82, 2.24) is 9.88 Å². The molecule has 5 heteroatoms. The molecule has 0 aliphatic carbocycles. The molecule has 1 unspecified atom stereocenters. The molecule has 1 fully saturated rings. The number of halogens is 1. The third kappa shape index (κ3) is 2.52. The van der Waals surface area contributed by atoms with Crippen LogP contribution in [0.3, 0.4) is 0 Å². The average molecular weight is 320 g/mol. The van der Waals surface area contributed by atoms with Crippen LogP contribution in [0, 0.1) is 3.57 Å². The van der Waals surface area contributed by atoms with Crippen molar-refractivity contribution in [3.63, 3.8) is 0 Å². The van der Waals surface area contributed by atoms with Gasteiger partial charge in [0.05, 0.1) is 12.6 Å². The minimum Gasteiger partial charge on any atom is -0.379 e. The van der Waals surface area contributed by atoms with Gasteiger partial charge in [-0.3, -0.25) is 4.79 Å². The molecule has 2 rings (SSSR count). The fourth-order valence-electron chi connectivity index (χ4n) is 1.66. The number of rotatable bonds is 2. The number of nitrogens with one attached hydrogen (secondary N) is 1. The average Bonchev–Trinajstić information content (AvgIpc) is 2.75. The largest absolute Gasteiger partial charge is 0.379 e. The van der Waals surface area contributed by atoms with Crippen LogP contribution in [0.2, 0.25) is 0 Å². The molecule has 0 spiro atoms. The van der Waals surface area contributed by atoms with E-state index in [9.17, 15) is 4.79 Å². The Bertz CT molecular complexity index is 369. The monoisotopic (exact) mass is 320 g/mol. The summed E-state index contributed by atoms with van der Waals surface area (Å²) in [5.41, 5.74) is 0.700. The van der Waals surface area contributed by atoms with Crippen LogP contribution in [0.4, 0.5) is 0 Å². The molecule has 0 radical (unpaired) electrons. The van der Waals surface area contributed by atoms with Gasteiger partial charge in [-0.15, -0.1) is 0 Å². The second-order valence-electron chi connectivity index (χ2n) is 3.69. The van der Waals surface area contributed by atoms with Gasteiger partial charge in [0.1, 0.15) is 5.69 Å². The highest BCUT2D eigenvalue weighted by Crippen LogP contribution is 2.11. The molecular formula is C10H13IN2O2. The summed E-state index contributed by atoms with van der Waals surface area (Å²) in [4.78, 5) is 11.8. The van der Waals surface area contributed by atoms with Gasteiger partial charge < -0.3 is 14.6 Å². The Kier molecular flexibility index (Phi) is 3.30. The second kappa shape index (κ2) is 4.52. The second-order valence-corrected chi connectivity index (χ2v) is 4.93. The Hall–Kier alpha value is -0.560. The van der Waals surface area contributed by atoms with E-state index in [4.69, 9.17) is 4.74 Å². The highest BCUT2D eigenvalue weighted by molar-refractivity contribution is 14.1. The minimum atomic E-state index is -0.0177. The SMILES string of the molecule is Cn1cc(I)cc1C(=O)NC1CCOC1. The number of hydrogen-bond acceptors (Lipinski definition) is 2. The fourth-order valence-corrected chi connectivity index (χ4v) is 2.37. The summed E-state index contributed by atoms with van der Waals surface area (Å²) in [6.45, 7) is 1.38. The molecule has 15 heavy (non-hydrogen) atoms. The summed E-state index contributed by atoms with van der Waals surface area (Å²) >= 11 is 2.20. The van der Waals surface area contributed by atoms with Crippen molar-refractivity contribution in [3.8, 4) is 0 Å². The Labute approximate surface area is 102 Å². The van der Waals surface area contributed by atoms with Crippen LogP contribution in [-0.2, 0) is 11.8 Å². The van der Waals surface area contributed by atoms with Crippen molar-refractivity contribution in [3.05, 3.63) is 21.5 Å². The molecular weight excluding hydrogens is 307 g/mol. The van der Waals surface area contributed by atoms with E-state index in [0.717, 1.165) is 16.6 Å². The van der Waals surface area contributed by atoms with Crippen molar-refractivity contribution in [2.75, 3.05) is 13.2 Å².